The Labute approximate surface area is 121 Å². The van der Waals surface area contributed by atoms with E-state index in [1.807, 2.05) is 25.1 Å². The zero-order valence-electron chi connectivity index (χ0n) is 11.2. The van der Waals surface area contributed by atoms with Gasteiger partial charge in [0.2, 0.25) is 5.91 Å². The van der Waals surface area contributed by atoms with Crippen molar-refractivity contribution in [2.75, 3.05) is 18.1 Å². The maximum atomic E-state index is 12.0. The molecule has 2 unspecified atom stereocenters. The smallest absolute Gasteiger partial charge is 0.242 e. The third-order valence-electron chi connectivity index (χ3n) is 3.52. The van der Waals surface area contributed by atoms with E-state index in [2.05, 4.69) is 33.1 Å². The molecule has 0 aromatic heterocycles. The average Bonchev–Trinajstić information content (AvgIpc) is 2.36. The minimum atomic E-state index is -0.298. The quantitative estimate of drug-likeness (QED) is 0.891. The highest BCUT2D eigenvalue weighted by atomic mass is 79.9. The van der Waals surface area contributed by atoms with Crippen molar-refractivity contribution in [2.24, 2.45) is 0 Å². The fourth-order valence-electron chi connectivity index (χ4n) is 2.60. The lowest BCUT2D eigenvalue weighted by atomic mass is 10.0. The first-order valence-corrected chi connectivity index (χ1v) is 7.27. The summed E-state index contributed by atoms with van der Waals surface area (Å²) in [6.45, 7) is 4.77. The van der Waals surface area contributed by atoms with E-state index >= 15 is 0 Å². The highest BCUT2D eigenvalue weighted by Crippen LogP contribution is 2.29. The largest absolute Gasteiger partial charge is 0.396 e. The molecule has 1 aliphatic rings. The molecule has 0 aliphatic carbocycles. The molecule has 19 heavy (non-hydrogen) atoms. The summed E-state index contributed by atoms with van der Waals surface area (Å²) in [5.74, 6) is -0.00512. The lowest BCUT2D eigenvalue weighted by Gasteiger charge is -2.42. The summed E-state index contributed by atoms with van der Waals surface area (Å²) in [7, 11) is 0. The average molecular weight is 327 g/mol. The number of carbonyl (C=O) groups excluding carboxylic acids is 1. The van der Waals surface area contributed by atoms with Crippen LogP contribution in [-0.4, -0.2) is 36.2 Å². The van der Waals surface area contributed by atoms with E-state index < -0.39 is 0 Å². The fraction of sp³-hybridized carbons (Fsp3) is 0.500. The molecule has 0 saturated carbocycles. The number of amides is 1. The van der Waals surface area contributed by atoms with E-state index in [1.165, 1.54) is 0 Å². The van der Waals surface area contributed by atoms with Gasteiger partial charge in [0.15, 0.2) is 0 Å². The monoisotopic (exact) mass is 326 g/mol. The number of anilines is 1. The molecule has 1 aromatic rings. The van der Waals surface area contributed by atoms with Gasteiger partial charge in [-0.3, -0.25) is 4.79 Å². The van der Waals surface area contributed by atoms with Crippen LogP contribution in [0.2, 0.25) is 0 Å². The first-order valence-electron chi connectivity index (χ1n) is 6.47. The number of carbonyl (C=O) groups is 1. The van der Waals surface area contributed by atoms with Crippen LogP contribution in [0, 0.1) is 6.92 Å². The van der Waals surface area contributed by atoms with Gasteiger partial charge < -0.3 is 15.3 Å². The number of aliphatic hydroxyl groups excluding tert-OH is 1. The van der Waals surface area contributed by atoms with Crippen molar-refractivity contribution in [1.82, 2.24) is 5.32 Å². The second-order valence-corrected chi connectivity index (χ2v) is 5.88. The number of piperazine rings is 1. The molecule has 1 aromatic carbocycles. The summed E-state index contributed by atoms with van der Waals surface area (Å²) >= 11 is 3.46. The maximum absolute atomic E-state index is 12.0. The van der Waals surface area contributed by atoms with Crippen LogP contribution in [0.3, 0.4) is 0 Å². The molecule has 0 radical (unpaired) electrons. The Balaban J connectivity index is 2.39. The number of benzene rings is 1. The highest BCUT2D eigenvalue weighted by molar-refractivity contribution is 9.10. The molecule has 2 N–H and O–H groups in total. The number of rotatable bonds is 3. The SMILES string of the molecule is Cc1cc(Br)ccc1N1C(C)CNC(=O)C1CCO. The number of hydrogen-bond acceptors (Lipinski definition) is 3. The first kappa shape index (κ1) is 14.3. The Morgan fingerprint density at radius 2 is 2.26 bits per heavy atom. The van der Waals surface area contributed by atoms with E-state index in [-0.39, 0.29) is 24.6 Å². The lowest BCUT2D eigenvalue weighted by molar-refractivity contribution is -0.124. The van der Waals surface area contributed by atoms with Crippen LogP contribution < -0.4 is 10.2 Å². The minimum absolute atomic E-state index is 0.00512. The zero-order valence-corrected chi connectivity index (χ0v) is 12.8. The number of hydrogen-bond donors (Lipinski definition) is 2. The number of halogens is 1. The predicted octanol–water partition coefficient (Wildman–Crippen LogP) is 1.83. The first-order chi connectivity index (χ1) is 9.04. The van der Waals surface area contributed by atoms with Crippen LogP contribution in [0.1, 0.15) is 18.9 Å². The molecule has 5 heteroatoms. The Morgan fingerprint density at radius 1 is 1.53 bits per heavy atom. The zero-order chi connectivity index (χ0) is 14.0. The van der Waals surface area contributed by atoms with E-state index in [0.29, 0.717) is 13.0 Å². The molecule has 0 bridgehead atoms. The fourth-order valence-corrected chi connectivity index (χ4v) is 3.08. The van der Waals surface area contributed by atoms with Gasteiger partial charge in [0.05, 0.1) is 0 Å². The minimum Gasteiger partial charge on any atom is -0.396 e. The predicted molar refractivity (Wildman–Crippen MR) is 79.3 cm³/mol. The van der Waals surface area contributed by atoms with Crippen molar-refractivity contribution in [3.05, 3.63) is 28.2 Å². The van der Waals surface area contributed by atoms with Gasteiger partial charge in [-0.05, 0) is 44.0 Å². The molecule has 1 amide bonds. The third kappa shape index (κ3) is 2.92. The number of aryl methyl sites for hydroxylation is 1. The van der Waals surface area contributed by atoms with Gasteiger partial charge in [-0.25, -0.2) is 0 Å². The highest BCUT2D eigenvalue weighted by Gasteiger charge is 2.34. The molecule has 1 heterocycles. The second kappa shape index (κ2) is 5.92. The lowest BCUT2D eigenvalue weighted by Crippen LogP contribution is -2.60. The Morgan fingerprint density at radius 3 is 2.89 bits per heavy atom. The Bertz CT molecular complexity index is 479. The Hall–Kier alpha value is -1.07. The Kier molecular flexibility index (Phi) is 4.47. The molecule has 4 nitrogen and oxygen atoms in total. The normalized spacial score (nSPS) is 23.4. The summed E-state index contributed by atoms with van der Waals surface area (Å²) in [5, 5.41) is 12.1. The summed E-state index contributed by atoms with van der Waals surface area (Å²) in [5.41, 5.74) is 2.18. The summed E-state index contributed by atoms with van der Waals surface area (Å²) < 4.78 is 1.03. The second-order valence-electron chi connectivity index (χ2n) is 4.96. The van der Waals surface area contributed by atoms with Crippen LogP contribution >= 0.6 is 15.9 Å². The molecule has 104 valence electrons. The molecule has 1 fully saturated rings. The van der Waals surface area contributed by atoms with Crippen LogP contribution in [0.4, 0.5) is 5.69 Å². The van der Waals surface area contributed by atoms with Crippen LogP contribution in [0.5, 0.6) is 0 Å². The van der Waals surface area contributed by atoms with Gasteiger partial charge in [-0.1, -0.05) is 15.9 Å². The van der Waals surface area contributed by atoms with Gasteiger partial charge in [0, 0.05) is 29.4 Å². The van der Waals surface area contributed by atoms with Crippen molar-refractivity contribution >= 4 is 27.5 Å². The summed E-state index contributed by atoms with van der Waals surface area (Å²) in [6, 6.07) is 5.98. The van der Waals surface area contributed by atoms with E-state index in [9.17, 15) is 9.90 Å². The maximum Gasteiger partial charge on any atom is 0.242 e. The van der Waals surface area contributed by atoms with Crippen LogP contribution in [0.15, 0.2) is 22.7 Å². The van der Waals surface area contributed by atoms with Crippen molar-refractivity contribution < 1.29 is 9.90 Å². The molecule has 1 aliphatic heterocycles. The van der Waals surface area contributed by atoms with E-state index in [1.54, 1.807) is 0 Å². The van der Waals surface area contributed by atoms with E-state index in [4.69, 9.17) is 0 Å². The summed E-state index contributed by atoms with van der Waals surface area (Å²) in [6.07, 6.45) is 0.450. The van der Waals surface area contributed by atoms with E-state index in [0.717, 1.165) is 15.7 Å². The number of aliphatic hydroxyl groups is 1. The van der Waals surface area contributed by atoms with Crippen molar-refractivity contribution in [1.29, 1.82) is 0 Å². The van der Waals surface area contributed by atoms with Gasteiger partial charge >= 0.3 is 0 Å². The number of nitrogens with one attached hydrogen (secondary N) is 1. The van der Waals surface area contributed by atoms with Crippen LogP contribution in [0.25, 0.3) is 0 Å². The molecular weight excluding hydrogens is 308 g/mol. The molecule has 1 saturated heterocycles. The van der Waals surface area contributed by atoms with Gasteiger partial charge in [-0.2, -0.15) is 0 Å². The summed E-state index contributed by atoms with van der Waals surface area (Å²) in [4.78, 5) is 14.1. The third-order valence-corrected chi connectivity index (χ3v) is 4.02. The molecule has 0 spiro atoms. The van der Waals surface area contributed by atoms with Gasteiger partial charge in [-0.15, -0.1) is 0 Å². The number of nitrogens with zero attached hydrogens (tertiary/aromatic N) is 1. The van der Waals surface area contributed by atoms with Gasteiger partial charge in [0.1, 0.15) is 6.04 Å². The van der Waals surface area contributed by atoms with Crippen molar-refractivity contribution in [3.8, 4) is 0 Å². The molecule has 2 rings (SSSR count). The van der Waals surface area contributed by atoms with Gasteiger partial charge in [0.25, 0.3) is 0 Å². The molecular formula is C14H19BrN2O2. The molecule has 2 atom stereocenters. The van der Waals surface area contributed by atoms with Crippen LogP contribution in [-0.2, 0) is 4.79 Å². The van der Waals surface area contributed by atoms with Crippen molar-refractivity contribution in [3.63, 3.8) is 0 Å². The van der Waals surface area contributed by atoms with Crippen molar-refractivity contribution in [2.45, 2.75) is 32.4 Å². The standard InChI is InChI=1S/C14H19BrN2O2/c1-9-7-11(15)3-4-12(9)17-10(2)8-16-14(19)13(17)5-6-18/h3-4,7,10,13,18H,5-6,8H2,1-2H3,(H,16,19). The topological polar surface area (TPSA) is 52.6 Å².